The van der Waals surface area contributed by atoms with Gasteiger partial charge in [0, 0.05) is 11.9 Å². The van der Waals surface area contributed by atoms with E-state index in [1.54, 1.807) is 6.20 Å². The Labute approximate surface area is 72.4 Å². The van der Waals surface area contributed by atoms with E-state index in [9.17, 15) is 0 Å². The van der Waals surface area contributed by atoms with Crippen LogP contribution >= 0.6 is 0 Å². The zero-order valence-electron chi connectivity index (χ0n) is 7.12. The lowest BCUT2D eigenvalue weighted by atomic mass is 10.1. The summed E-state index contributed by atoms with van der Waals surface area (Å²) in [5.74, 6) is 0. The molecule has 0 unspecified atom stereocenters. The molecule has 12 heavy (non-hydrogen) atoms. The number of nitrogens with zero attached hydrogens (tertiary/aromatic N) is 1. The van der Waals surface area contributed by atoms with Crippen LogP contribution in [0.1, 0.15) is 11.1 Å². The highest BCUT2D eigenvalue weighted by molar-refractivity contribution is 5.59. The Morgan fingerprint density at radius 3 is 2.92 bits per heavy atom. The van der Waals surface area contributed by atoms with Crippen molar-refractivity contribution in [2.24, 2.45) is 4.99 Å². The van der Waals surface area contributed by atoms with E-state index in [2.05, 4.69) is 11.7 Å². The third-order valence-corrected chi connectivity index (χ3v) is 1.66. The molecule has 0 aromatic heterocycles. The number of hydrogen-bond acceptors (Lipinski definition) is 2. The molecule has 0 amide bonds. The number of benzene rings is 1. The molecule has 0 saturated heterocycles. The van der Waals surface area contributed by atoms with Crippen LogP contribution in [0.4, 0.5) is 5.69 Å². The molecule has 1 rings (SSSR count). The molecule has 0 aliphatic heterocycles. The normalized spacial score (nSPS) is 10.4. The van der Waals surface area contributed by atoms with Crippen LogP contribution in [0.3, 0.4) is 0 Å². The zero-order chi connectivity index (χ0) is 8.97. The molecular formula is C10H12N2. The first-order valence-corrected chi connectivity index (χ1v) is 3.72. The van der Waals surface area contributed by atoms with Crippen molar-refractivity contribution < 1.29 is 0 Å². The van der Waals surface area contributed by atoms with Crippen molar-refractivity contribution in [1.82, 2.24) is 0 Å². The summed E-state index contributed by atoms with van der Waals surface area (Å²) < 4.78 is 0. The number of anilines is 1. The van der Waals surface area contributed by atoms with E-state index < -0.39 is 0 Å². The zero-order valence-corrected chi connectivity index (χ0v) is 7.12. The molecule has 0 spiro atoms. The van der Waals surface area contributed by atoms with Gasteiger partial charge < -0.3 is 5.73 Å². The second-order valence-electron chi connectivity index (χ2n) is 2.61. The number of nitrogens with two attached hydrogens (primary N) is 1. The molecule has 2 heteroatoms. The lowest BCUT2D eigenvalue weighted by molar-refractivity contribution is 1.44. The van der Waals surface area contributed by atoms with Crippen molar-refractivity contribution >= 4 is 18.5 Å². The van der Waals surface area contributed by atoms with Gasteiger partial charge in [-0.05, 0) is 43.0 Å². The summed E-state index contributed by atoms with van der Waals surface area (Å²) in [6.07, 6.45) is 3.54. The minimum Gasteiger partial charge on any atom is -0.399 e. The van der Waals surface area contributed by atoms with Gasteiger partial charge in [-0.25, -0.2) is 0 Å². The highest BCUT2D eigenvalue weighted by Crippen LogP contribution is 2.13. The number of aryl methyl sites for hydroxylation is 1. The van der Waals surface area contributed by atoms with Crippen LogP contribution in [-0.4, -0.2) is 6.72 Å². The minimum atomic E-state index is 0.768. The quantitative estimate of drug-likeness (QED) is 0.523. The van der Waals surface area contributed by atoms with Gasteiger partial charge in [-0.3, -0.25) is 4.99 Å². The van der Waals surface area contributed by atoms with E-state index in [-0.39, 0.29) is 0 Å². The van der Waals surface area contributed by atoms with Crippen molar-refractivity contribution in [2.75, 3.05) is 5.73 Å². The monoisotopic (exact) mass is 160 g/mol. The molecule has 0 radical (unpaired) electrons. The van der Waals surface area contributed by atoms with Gasteiger partial charge in [0.25, 0.3) is 0 Å². The summed E-state index contributed by atoms with van der Waals surface area (Å²) in [5, 5.41) is 0. The van der Waals surface area contributed by atoms with Crippen LogP contribution in [0.5, 0.6) is 0 Å². The van der Waals surface area contributed by atoms with Crippen LogP contribution < -0.4 is 5.73 Å². The first-order chi connectivity index (χ1) is 5.74. The topological polar surface area (TPSA) is 38.4 Å². The second kappa shape index (κ2) is 3.72. The van der Waals surface area contributed by atoms with Crippen molar-refractivity contribution in [1.29, 1.82) is 0 Å². The summed E-state index contributed by atoms with van der Waals surface area (Å²) in [6.45, 7) is 5.39. The largest absolute Gasteiger partial charge is 0.399 e. The molecule has 62 valence electrons. The Kier molecular flexibility index (Phi) is 2.64. The summed E-state index contributed by atoms with van der Waals surface area (Å²) in [7, 11) is 0. The lowest BCUT2D eigenvalue weighted by Crippen LogP contribution is -1.87. The van der Waals surface area contributed by atoms with E-state index in [0.717, 1.165) is 11.3 Å². The summed E-state index contributed by atoms with van der Waals surface area (Å²) >= 11 is 0. The summed E-state index contributed by atoms with van der Waals surface area (Å²) in [4.78, 5) is 3.63. The fourth-order valence-electron chi connectivity index (χ4n) is 0.972. The minimum absolute atomic E-state index is 0.768. The highest BCUT2D eigenvalue weighted by Gasteiger charge is 1.93. The smallest absolute Gasteiger partial charge is 0.0320 e. The predicted molar refractivity (Wildman–Crippen MR) is 54.2 cm³/mol. The van der Waals surface area contributed by atoms with E-state index >= 15 is 0 Å². The third-order valence-electron chi connectivity index (χ3n) is 1.66. The predicted octanol–water partition coefficient (Wildman–Crippen LogP) is 2.25. The van der Waals surface area contributed by atoms with Crippen LogP contribution in [0, 0.1) is 6.92 Å². The molecule has 0 aliphatic rings. The Hall–Kier alpha value is -1.57. The maximum atomic E-state index is 5.62. The van der Waals surface area contributed by atoms with Gasteiger partial charge in [0.2, 0.25) is 0 Å². The first kappa shape index (κ1) is 8.53. The number of hydrogen-bond donors (Lipinski definition) is 1. The average molecular weight is 160 g/mol. The Morgan fingerprint density at radius 1 is 1.50 bits per heavy atom. The fourth-order valence-corrected chi connectivity index (χ4v) is 0.972. The third kappa shape index (κ3) is 1.95. The Morgan fingerprint density at radius 2 is 2.25 bits per heavy atom. The van der Waals surface area contributed by atoms with Crippen LogP contribution in [-0.2, 0) is 0 Å². The van der Waals surface area contributed by atoms with Gasteiger partial charge in [-0.2, -0.15) is 0 Å². The molecule has 0 bridgehead atoms. The van der Waals surface area contributed by atoms with Gasteiger partial charge in [0.05, 0.1) is 0 Å². The van der Waals surface area contributed by atoms with Gasteiger partial charge in [-0.15, -0.1) is 0 Å². The molecule has 0 saturated carbocycles. The lowest BCUT2D eigenvalue weighted by Gasteiger charge is -2.00. The molecule has 2 N–H and O–H groups in total. The number of nitrogen functional groups attached to an aromatic ring is 1. The van der Waals surface area contributed by atoms with E-state index in [4.69, 9.17) is 5.73 Å². The maximum Gasteiger partial charge on any atom is 0.0320 e. The molecular weight excluding hydrogens is 148 g/mol. The van der Waals surface area contributed by atoms with Gasteiger partial charge >= 0.3 is 0 Å². The Bertz CT molecular complexity index is 314. The van der Waals surface area contributed by atoms with Gasteiger partial charge in [-0.1, -0.05) is 6.07 Å². The van der Waals surface area contributed by atoms with Crippen molar-refractivity contribution in [3.8, 4) is 0 Å². The molecule has 1 aromatic rings. The number of rotatable bonds is 2. The first-order valence-electron chi connectivity index (χ1n) is 3.72. The SMILES string of the molecule is C=N/C=C\c1cc(N)ccc1C. The van der Waals surface area contributed by atoms with Crippen molar-refractivity contribution in [3.05, 3.63) is 35.5 Å². The molecule has 0 heterocycles. The summed E-state index contributed by atoms with van der Waals surface area (Å²) in [5.41, 5.74) is 8.66. The van der Waals surface area contributed by atoms with Gasteiger partial charge in [0.1, 0.15) is 0 Å². The second-order valence-corrected chi connectivity index (χ2v) is 2.61. The fraction of sp³-hybridized carbons (Fsp3) is 0.100. The molecule has 0 atom stereocenters. The van der Waals surface area contributed by atoms with E-state index in [0.29, 0.717) is 0 Å². The average Bonchev–Trinajstić information content (AvgIpc) is 2.07. The maximum absolute atomic E-state index is 5.62. The van der Waals surface area contributed by atoms with Crippen molar-refractivity contribution in [3.63, 3.8) is 0 Å². The highest BCUT2D eigenvalue weighted by atomic mass is 14.6. The Balaban J connectivity index is 3.04. The van der Waals surface area contributed by atoms with Gasteiger partial charge in [0.15, 0.2) is 0 Å². The van der Waals surface area contributed by atoms with Crippen LogP contribution in [0.25, 0.3) is 6.08 Å². The standard InChI is InChI=1S/C10H12N2/c1-8-3-4-10(11)7-9(8)5-6-12-2/h3-7H,2,11H2,1H3/b6-5-. The summed E-state index contributed by atoms with van der Waals surface area (Å²) in [6, 6.07) is 5.78. The molecule has 2 nitrogen and oxygen atoms in total. The van der Waals surface area contributed by atoms with E-state index in [1.807, 2.05) is 31.2 Å². The molecule has 0 fully saturated rings. The van der Waals surface area contributed by atoms with Crippen LogP contribution in [0.2, 0.25) is 0 Å². The van der Waals surface area contributed by atoms with Crippen LogP contribution in [0.15, 0.2) is 29.4 Å². The molecule has 0 aliphatic carbocycles. The number of aliphatic imine (C=N–C) groups is 1. The van der Waals surface area contributed by atoms with Crippen molar-refractivity contribution in [2.45, 2.75) is 6.92 Å². The van der Waals surface area contributed by atoms with E-state index in [1.165, 1.54) is 5.56 Å². The molecule has 1 aromatic carbocycles.